The molecule has 108 valence electrons. The molecule has 0 saturated heterocycles. The Morgan fingerprint density at radius 3 is 2.80 bits per heavy atom. The highest BCUT2D eigenvalue weighted by atomic mass is 16.4. The number of aliphatic carboxylic acids is 1. The maximum Gasteiger partial charge on any atom is 0.326 e. The van der Waals surface area contributed by atoms with E-state index >= 15 is 0 Å². The second-order valence-electron chi connectivity index (χ2n) is 5.23. The number of benzene rings is 1. The highest BCUT2D eigenvalue weighted by molar-refractivity contribution is 5.91. The molecule has 0 fully saturated rings. The number of hydrogen-bond donors (Lipinski definition) is 3. The number of amides is 1. The molecular weight excluding hydrogens is 256 g/mol. The monoisotopic (exact) mass is 276 g/mol. The standard InChI is InChI=1S/C15H20N2O3/c1-3-9(2)13(15(19)20)17-14(18)11-8-16-12-7-5-4-6-10(11)12/h4-7,9,11,13,16H,3,8H2,1-2H3,(H,17,18)(H,19,20)/t9-,11?,13-/m0/s1. The van der Waals surface area contributed by atoms with Crippen LogP contribution >= 0.6 is 0 Å². The minimum absolute atomic E-state index is 0.0962. The SMILES string of the molecule is CC[C@H](C)[C@H](NC(=O)C1CNc2ccccc21)C(=O)O. The van der Waals surface area contributed by atoms with Crippen molar-refractivity contribution >= 4 is 17.6 Å². The predicted octanol–water partition coefficient (Wildman–Crippen LogP) is 1.81. The Labute approximate surface area is 118 Å². The molecule has 0 saturated carbocycles. The molecule has 0 aliphatic carbocycles. The van der Waals surface area contributed by atoms with Crippen LogP contribution in [0.25, 0.3) is 0 Å². The molecule has 1 heterocycles. The third kappa shape index (κ3) is 2.76. The minimum atomic E-state index is -0.980. The lowest BCUT2D eigenvalue weighted by Gasteiger charge is -2.22. The number of hydrogen-bond acceptors (Lipinski definition) is 3. The van der Waals surface area contributed by atoms with E-state index in [2.05, 4.69) is 10.6 Å². The van der Waals surface area contributed by atoms with E-state index < -0.39 is 12.0 Å². The van der Waals surface area contributed by atoms with Crippen molar-refractivity contribution in [1.82, 2.24) is 5.32 Å². The van der Waals surface area contributed by atoms with E-state index in [4.69, 9.17) is 0 Å². The number of nitrogens with one attached hydrogen (secondary N) is 2. The zero-order valence-corrected chi connectivity index (χ0v) is 11.7. The fourth-order valence-electron chi connectivity index (χ4n) is 2.45. The van der Waals surface area contributed by atoms with Crippen LogP contribution in [0.4, 0.5) is 5.69 Å². The topological polar surface area (TPSA) is 78.4 Å². The van der Waals surface area contributed by atoms with Gasteiger partial charge in [-0.15, -0.1) is 0 Å². The first kappa shape index (κ1) is 14.4. The van der Waals surface area contributed by atoms with E-state index in [1.54, 1.807) is 0 Å². The average molecular weight is 276 g/mol. The van der Waals surface area contributed by atoms with Crippen LogP contribution in [0.2, 0.25) is 0 Å². The van der Waals surface area contributed by atoms with Gasteiger partial charge >= 0.3 is 5.97 Å². The molecule has 5 heteroatoms. The van der Waals surface area contributed by atoms with Crippen molar-refractivity contribution in [2.45, 2.75) is 32.2 Å². The number of fused-ring (bicyclic) bond motifs is 1. The van der Waals surface area contributed by atoms with Gasteiger partial charge in [0.05, 0.1) is 5.92 Å². The van der Waals surface area contributed by atoms with Gasteiger partial charge in [0.15, 0.2) is 0 Å². The summed E-state index contributed by atoms with van der Waals surface area (Å²) in [7, 11) is 0. The van der Waals surface area contributed by atoms with Crippen LogP contribution in [0.15, 0.2) is 24.3 Å². The average Bonchev–Trinajstić information content (AvgIpc) is 2.87. The largest absolute Gasteiger partial charge is 0.480 e. The predicted molar refractivity (Wildman–Crippen MR) is 76.7 cm³/mol. The van der Waals surface area contributed by atoms with E-state index in [0.717, 1.165) is 11.3 Å². The second-order valence-corrected chi connectivity index (χ2v) is 5.23. The summed E-state index contributed by atoms with van der Waals surface area (Å²) in [6.07, 6.45) is 0.705. The lowest BCUT2D eigenvalue weighted by atomic mass is 9.96. The first-order chi connectivity index (χ1) is 9.54. The highest BCUT2D eigenvalue weighted by Gasteiger charge is 2.32. The molecule has 0 spiro atoms. The second kappa shape index (κ2) is 5.94. The molecule has 1 aromatic carbocycles. The van der Waals surface area contributed by atoms with Gasteiger partial charge in [0.2, 0.25) is 5.91 Å². The van der Waals surface area contributed by atoms with Gasteiger partial charge in [-0.25, -0.2) is 4.79 Å². The molecule has 2 rings (SSSR count). The summed E-state index contributed by atoms with van der Waals surface area (Å²) in [5.74, 6) is -1.62. The summed E-state index contributed by atoms with van der Waals surface area (Å²) in [6, 6.07) is 6.78. The molecule has 0 bridgehead atoms. The number of carboxylic acid groups (broad SMARTS) is 1. The number of carbonyl (C=O) groups is 2. The summed E-state index contributed by atoms with van der Waals surface area (Å²) < 4.78 is 0. The summed E-state index contributed by atoms with van der Waals surface area (Å²) >= 11 is 0. The van der Waals surface area contributed by atoms with Crippen molar-refractivity contribution in [3.63, 3.8) is 0 Å². The van der Waals surface area contributed by atoms with E-state index in [0.29, 0.717) is 13.0 Å². The van der Waals surface area contributed by atoms with Crippen LogP contribution in [0.3, 0.4) is 0 Å². The van der Waals surface area contributed by atoms with Gasteiger partial charge in [-0.2, -0.15) is 0 Å². The molecule has 1 unspecified atom stereocenters. The maximum absolute atomic E-state index is 12.3. The van der Waals surface area contributed by atoms with Gasteiger partial charge in [-0.3, -0.25) is 4.79 Å². The van der Waals surface area contributed by atoms with E-state index in [-0.39, 0.29) is 17.7 Å². The lowest BCUT2D eigenvalue weighted by Crippen LogP contribution is -2.47. The number of carbonyl (C=O) groups excluding carboxylic acids is 1. The van der Waals surface area contributed by atoms with Gasteiger partial charge in [0, 0.05) is 12.2 Å². The summed E-state index contributed by atoms with van der Waals surface area (Å²) in [6.45, 7) is 4.26. The molecule has 0 aromatic heterocycles. The van der Waals surface area contributed by atoms with Crippen molar-refractivity contribution in [2.75, 3.05) is 11.9 Å². The summed E-state index contributed by atoms with van der Waals surface area (Å²) in [5, 5.41) is 15.1. The number of carboxylic acids is 1. The Bertz CT molecular complexity index is 516. The van der Waals surface area contributed by atoms with Crippen molar-refractivity contribution in [3.8, 4) is 0 Å². The Kier molecular flexibility index (Phi) is 4.27. The van der Waals surface area contributed by atoms with Gasteiger partial charge < -0.3 is 15.7 Å². The molecule has 1 amide bonds. The number of rotatable bonds is 5. The normalized spacial score (nSPS) is 19.6. The van der Waals surface area contributed by atoms with Crippen LogP contribution in [0, 0.1) is 5.92 Å². The molecule has 3 N–H and O–H groups in total. The summed E-state index contributed by atoms with van der Waals surface area (Å²) in [4.78, 5) is 23.6. The molecule has 20 heavy (non-hydrogen) atoms. The van der Waals surface area contributed by atoms with Gasteiger partial charge in [0.1, 0.15) is 6.04 Å². The maximum atomic E-state index is 12.3. The fraction of sp³-hybridized carbons (Fsp3) is 0.467. The third-order valence-corrected chi connectivity index (χ3v) is 3.93. The molecule has 0 radical (unpaired) electrons. The van der Waals surface area contributed by atoms with Crippen molar-refractivity contribution in [3.05, 3.63) is 29.8 Å². The Morgan fingerprint density at radius 1 is 1.45 bits per heavy atom. The Morgan fingerprint density at radius 2 is 2.15 bits per heavy atom. The van der Waals surface area contributed by atoms with E-state index in [9.17, 15) is 14.7 Å². The van der Waals surface area contributed by atoms with Crippen LogP contribution in [-0.2, 0) is 9.59 Å². The molecule has 5 nitrogen and oxygen atoms in total. The number of anilines is 1. The van der Waals surface area contributed by atoms with Crippen LogP contribution < -0.4 is 10.6 Å². The van der Waals surface area contributed by atoms with Crippen molar-refractivity contribution < 1.29 is 14.7 Å². The first-order valence-corrected chi connectivity index (χ1v) is 6.90. The van der Waals surface area contributed by atoms with E-state index in [1.165, 1.54) is 0 Å². The smallest absolute Gasteiger partial charge is 0.326 e. The van der Waals surface area contributed by atoms with Crippen molar-refractivity contribution in [1.29, 1.82) is 0 Å². The first-order valence-electron chi connectivity index (χ1n) is 6.90. The van der Waals surface area contributed by atoms with Crippen LogP contribution in [0.1, 0.15) is 31.7 Å². The number of para-hydroxylation sites is 1. The zero-order valence-electron chi connectivity index (χ0n) is 11.7. The Balaban J connectivity index is 2.11. The third-order valence-electron chi connectivity index (χ3n) is 3.93. The minimum Gasteiger partial charge on any atom is -0.480 e. The lowest BCUT2D eigenvalue weighted by molar-refractivity contribution is -0.143. The molecule has 1 aromatic rings. The van der Waals surface area contributed by atoms with Crippen LogP contribution in [0.5, 0.6) is 0 Å². The quantitative estimate of drug-likeness (QED) is 0.766. The summed E-state index contributed by atoms with van der Waals surface area (Å²) in [5.41, 5.74) is 1.88. The zero-order chi connectivity index (χ0) is 14.7. The molecular formula is C15H20N2O3. The molecule has 3 atom stereocenters. The van der Waals surface area contributed by atoms with Crippen LogP contribution in [-0.4, -0.2) is 29.6 Å². The van der Waals surface area contributed by atoms with Gasteiger partial charge in [-0.1, -0.05) is 38.5 Å². The van der Waals surface area contributed by atoms with Crippen molar-refractivity contribution in [2.24, 2.45) is 5.92 Å². The van der Waals surface area contributed by atoms with Gasteiger partial charge in [-0.05, 0) is 17.5 Å². The highest BCUT2D eigenvalue weighted by Crippen LogP contribution is 2.31. The molecule has 1 aliphatic heterocycles. The fourth-order valence-corrected chi connectivity index (χ4v) is 2.45. The van der Waals surface area contributed by atoms with E-state index in [1.807, 2.05) is 38.1 Å². The van der Waals surface area contributed by atoms with Gasteiger partial charge in [0.25, 0.3) is 0 Å². The Hall–Kier alpha value is -2.04. The molecule has 1 aliphatic rings.